The minimum Gasteiger partial charge on any atom is -0.390 e. The number of imide groups is 1. The normalized spacial score (nSPS) is 26.7. The van der Waals surface area contributed by atoms with Gasteiger partial charge in [0.2, 0.25) is 11.8 Å². The van der Waals surface area contributed by atoms with Crippen LogP contribution in [0, 0.1) is 17.3 Å². The summed E-state index contributed by atoms with van der Waals surface area (Å²) in [6, 6.07) is -0.816. The Balaban J connectivity index is 3.10. The third-order valence-corrected chi connectivity index (χ3v) is 6.90. The average Bonchev–Trinajstić information content (AvgIpc) is 2.58. The third kappa shape index (κ3) is 5.43. The maximum atomic E-state index is 12.7. The van der Waals surface area contributed by atoms with Crippen molar-refractivity contribution in [3.8, 4) is 0 Å². The molecule has 4 atom stereocenters. The van der Waals surface area contributed by atoms with E-state index in [1.54, 1.807) is 27.7 Å². The minimum absolute atomic E-state index is 0.140. The molecule has 0 aromatic carbocycles. The smallest absolute Gasteiger partial charge is 0.237 e. The summed E-state index contributed by atoms with van der Waals surface area (Å²) in [6.07, 6.45) is -1.12. The molecule has 4 nitrogen and oxygen atoms in total. The molecule has 0 radical (unpaired) electrons. The SMILES string of the molecule is C[C@H](CC(=O)N1C(=O)C(C)(C)[C@@H](O)[C@H]1C[C@@H](C)C(Cl)(Cl)Cl)C(Cl)(Cl)Cl. The van der Waals surface area contributed by atoms with Crippen LogP contribution >= 0.6 is 69.6 Å². The van der Waals surface area contributed by atoms with Crippen molar-refractivity contribution in [2.24, 2.45) is 17.3 Å². The highest BCUT2D eigenvalue weighted by atomic mass is 35.6. The number of amides is 2. The van der Waals surface area contributed by atoms with Crippen LogP contribution in [0.5, 0.6) is 0 Å². The van der Waals surface area contributed by atoms with Crippen molar-refractivity contribution in [2.75, 3.05) is 0 Å². The summed E-state index contributed by atoms with van der Waals surface area (Å²) in [5, 5.41) is 10.6. The zero-order valence-corrected chi connectivity index (χ0v) is 18.7. The van der Waals surface area contributed by atoms with Crippen molar-refractivity contribution < 1.29 is 14.7 Å². The number of alkyl halides is 6. The Morgan fingerprint density at radius 3 is 1.96 bits per heavy atom. The van der Waals surface area contributed by atoms with Crippen LogP contribution in [0.3, 0.4) is 0 Å². The maximum Gasteiger partial charge on any atom is 0.237 e. The molecule has 1 rings (SSSR count). The fraction of sp³-hybridized carbons (Fsp3) is 0.867. The number of carbonyl (C=O) groups is 2. The number of nitrogens with zero attached hydrogens (tertiary/aromatic N) is 1. The van der Waals surface area contributed by atoms with Crippen LogP contribution in [0.25, 0.3) is 0 Å². The van der Waals surface area contributed by atoms with E-state index in [-0.39, 0.29) is 12.8 Å². The maximum absolute atomic E-state index is 12.7. The second kappa shape index (κ2) is 8.06. The number of aliphatic hydroxyl groups is 1. The lowest BCUT2D eigenvalue weighted by Crippen LogP contribution is -2.44. The van der Waals surface area contributed by atoms with E-state index >= 15 is 0 Å². The fourth-order valence-corrected chi connectivity index (χ4v) is 3.21. The molecule has 0 aromatic rings. The van der Waals surface area contributed by atoms with Gasteiger partial charge in [-0.3, -0.25) is 14.5 Å². The summed E-state index contributed by atoms with van der Waals surface area (Å²) in [6.45, 7) is 6.39. The van der Waals surface area contributed by atoms with Gasteiger partial charge >= 0.3 is 0 Å². The van der Waals surface area contributed by atoms with E-state index in [1.165, 1.54) is 0 Å². The highest BCUT2D eigenvalue weighted by Crippen LogP contribution is 2.44. The molecule has 1 aliphatic heterocycles. The predicted molar refractivity (Wildman–Crippen MR) is 104 cm³/mol. The summed E-state index contributed by atoms with van der Waals surface area (Å²) >= 11 is 35.1. The van der Waals surface area contributed by atoms with E-state index in [4.69, 9.17) is 69.6 Å². The topological polar surface area (TPSA) is 57.6 Å². The molecule has 0 unspecified atom stereocenters. The Bertz CT molecular complexity index is 528. The van der Waals surface area contributed by atoms with Gasteiger partial charge in [0, 0.05) is 18.3 Å². The zero-order chi connectivity index (χ0) is 20.0. The second-order valence-corrected chi connectivity index (χ2v) is 11.9. The molecule has 0 saturated carbocycles. The first-order chi connectivity index (χ1) is 11.0. The van der Waals surface area contributed by atoms with Crippen LogP contribution < -0.4 is 0 Å². The highest BCUT2D eigenvalue weighted by molar-refractivity contribution is 6.68. The number of carbonyl (C=O) groups excluding carboxylic acids is 2. The molecule has 1 fully saturated rings. The Morgan fingerprint density at radius 1 is 1.12 bits per heavy atom. The van der Waals surface area contributed by atoms with Gasteiger partial charge in [-0.2, -0.15) is 0 Å². The number of aliphatic hydroxyl groups excluding tert-OH is 1. The standard InChI is InChI=1S/C15H21Cl6NO3/c1-7(14(16,17)18)5-9-11(24)13(3,4)12(25)22(9)10(23)6-8(2)15(19,20)21/h7-9,11,24H,5-6H2,1-4H3/t7-,8-,9-,11+/m1/s1. The summed E-state index contributed by atoms with van der Waals surface area (Å²) in [5.74, 6) is -2.15. The number of hydrogen-bond donors (Lipinski definition) is 1. The first-order valence-electron chi connectivity index (χ1n) is 7.69. The molecule has 10 heteroatoms. The molecular weight excluding hydrogens is 455 g/mol. The summed E-state index contributed by atoms with van der Waals surface area (Å²) < 4.78 is -3.23. The molecule has 1 heterocycles. The van der Waals surface area contributed by atoms with Gasteiger partial charge in [0.15, 0.2) is 7.59 Å². The van der Waals surface area contributed by atoms with E-state index in [9.17, 15) is 14.7 Å². The van der Waals surface area contributed by atoms with Crippen molar-refractivity contribution in [3.05, 3.63) is 0 Å². The van der Waals surface area contributed by atoms with Gasteiger partial charge in [0.05, 0.1) is 17.6 Å². The van der Waals surface area contributed by atoms with Crippen molar-refractivity contribution in [1.29, 1.82) is 0 Å². The molecule has 1 N–H and O–H groups in total. The third-order valence-electron chi connectivity index (χ3n) is 4.67. The van der Waals surface area contributed by atoms with Gasteiger partial charge in [-0.05, 0) is 20.3 Å². The van der Waals surface area contributed by atoms with Crippen LogP contribution in [0.2, 0.25) is 0 Å². The number of rotatable bonds is 4. The highest BCUT2D eigenvalue weighted by Gasteiger charge is 2.56. The van der Waals surface area contributed by atoms with Crippen LogP contribution in [-0.2, 0) is 9.59 Å². The molecule has 1 saturated heterocycles. The van der Waals surface area contributed by atoms with E-state index in [0.717, 1.165) is 4.90 Å². The Labute approximate surface area is 178 Å². The number of likely N-dealkylation sites (tertiary alicyclic amines) is 1. The van der Waals surface area contributed by atoms with Crippen LogP contribution in [0.4, 0.5) is 0 Å². The summed E-state index contributed by atoms with van der Waals surface area (Å²) in [4.78, 5) is 26.4. The Kier molecular flexibility index (Phi) is 7.70. The van der Waals surface area contributed by atoms with Gasteiger partial charge in [-0.1, -0.05) is 83.5 Å². The zero-order valence-electron chi connectivity index (χ0n) is 14.2. The van der Waals surface area contributed by atoms with Crippen molar-refractivity contribution in [2.45, 2.75) is 60.3 Å². The number of halogens is 6. The lowest BCUT2D eigenvalue weighted by molar-refractivity contribution is -0.147. The van der Waals surface area contributed by atoms with Gasteiger partial charge in [0.25, 0.3) is 0 Å². The first-order valence-corrected chi connectivity index (χ1v) is 9.96. The van der Waals surface area contributed by atoms with Crippen molar-refractivity contribution in [1.82, 2.24) is 4.90 Å². The Hall–Kier alpha value is 0.840. The predicted octanol–water partition coefficient (Wildman–Crippen LogP) is 4.90. The van der Waals surface area contributed by atoms with E-state index < -0.39 is 48.8 Å². The summed E-state index contributed by atoms with van der Waals surface area (Å²) in [5.41, 5.74) is -1.14. The number of hydrogen-bond acceptors (Lipinski definition) is 3. The molecule has 0 aliphatic carbocycles. The molecule has 0 spiro atoms. The lowest BCUT2D eigenvalue weighted by Gasteiger charge is -2.31. The molecule has 146 valence electrons. The lowest BCUT2D eigenvalue weighted by atomic mass is 9.84. The molecular formula is C15H21Cl6NO3. The van der Waals surface area contributed by atoms with E-state index in [0.29, 0.717) is 0 Å². The largest absolute Gasteiger partial charge is 0.390 e. The molecule has 2 amide bonds. The first kappa shape index (κ1) is 23.9. The van der Waals surface area contributed by atoms with Gasteiger partial charge in [0.1, 0.15) is 0 Å². The fourth-order valence-electron chi connectivity index (χ4n) is 2.71. The van der Waals surface area contributed by atoms with Crippen molar-refractivity contribution in [3.63, 3.8) is 0 Å². The average molecular weight is 476 g/mol. The van der Waals surface area contributed by atoms with E-state index in [2.05, 4.69) is 0 Å². The minimum atomic E-state index is -1.65. The monoisotopic (exact) mass is 473 g/mol. The summed E-state index contributed by atoms with van der Waals surface area (Å²) in [7, 11) is 0. The van der Waals surface area contributed by atoms with Gasteiger partial charge in [-0.15, -0.1) is 0 Å². The molecule has 25 heavy (non-hydrogen) atoms. The molecule has 0 aromatic heterocycles. The van der Waals surface area contributed by atoms with Crippen LogP contribution in [-0.4, -0.2) is 41.6 Å². The Morgan fingerprint density at radius 2 is 1.56 bits per heavy atom. The van der Waals surface area contributed by atoms with Crippen LogP contribution in [0.15, 0.2) is 0 Å². The van der Waals surface area contributed by atoms with Crippen molar-refractivity contribution >= 4 is 81.4 Å². The quantitative estimate of drug-likeness (QED) is 0.588. The van der Waals surface area contributed by atoms with Gasteiger partial charge in [-0.25, -0.2) is 0 Å². The molecule has 1 aliphatic rings. The van der Waals surface area contributed by atoms with Gasteiger partial charge < -0.3 is 5.11 Å². The van der Waals surface area contributed by atoms with Crippen LogP contribution in [0.1, 0.15) is 40.5 Å². The van der Waals surface area contributed by atoms with E-state index in [1.807, 2.05) is 0 Å². The second-order valence-electron chi connectivity index (χ2n) is 7.13. The molecule has 0 bridgehead atoms.